The van der Waals surface area contributed by atoms with Crippen molar-refractivity contribution in [3.63, 3.8) is 0 Å². The average molecular weight is 401 g/mol. The number of aromatic nitrogens is 1. The highest BCUT2D eigenvalue weighted by Crippen LogP contribution is 2.21. The van der Waals surface area contributed by atoms with E-state index in [-0.39, 0.29) is 24.2 Å². The minimum absolute atomic E-state index is 0.0484. The predicted octanol–water partition coefficient (Wildman–Crippen LogP) is 2.93. The number of anilines is 1. The van der Waals surface area contributed by atoms with Crippen molar-refractivity contribution < 1.29 is 9.59 Å². The number of carbonyl (C=O) groups excluding carboxylic acids is 2. The van der Waals surface area contributed by atoms with Crippen LogP contribution in [0, 0.1) is 12.8 Å². The van der Waals surface area contributed by atoms with Gasteiger partial charge in [-0.1, -0.05) is 17.7 Å². The molecule has 0 unspecified atom stereocenters. The third-order valence-corrected chi connectivity index (χ3v) is 5.91. The quantitative estimate of drug-likeness (QED) is 0.810. The van der Waals surface area contributed by atoms with Crippen LogP contribution >= 0.6 is 11.3 Å². The predicted molar refractivity (Wildman–Crippen MR) is 112 cm³/mol. The van der Waals surface area contributed by atoms with Crippen molar-refractivity contribution in [1.82, 2.24) is 14.8 Å². The first kappa shape index (κ1) is 20.5. The van der Waals surface area contributed by atoms with Crippen LogP contribution in [-0.4, -0.2) is 53.8 Å². The second-order valence-corrected chi connectivity index (χ2v) is 8.55. The van der Waals surface area contributed by atoms with Gasteiger partial charge in [0.25, 0.3) is 0 Å². The van der Waals surface area contributed by atoms with Crippen LogP contribution in [-0.2, 0) is 22.6 Å². The highest BCUT2D eigenvalue weighted by Gasteiger charge is 2.26. The number of nitrogens with one attached hydrogen (secondary N) is 1. The SMILES string of the molecule is Cc1ccc(NC(=O)Cc2nc(CN3CCC(C(=O)N(C)C)CC3)cs2)cc1. The van der Waals surface area contributed by atoms with Crippen molar-refractivity contribution in [2.75, 3.05) is 32.5 Å². The molecule has 2 amide bonds. The Hall–Kier alpha value is -2.25. The number of likely N-dealkylation sites (tertiary alicyclic amines) is 1. The molecule has 1 aromatic heterocycles. The Morgan fingerprint density at radius 1 is 1.21 bits per heavy atom. The lowest BCUT2D eigenvalue weighted by atomic mass is 9.95. The number of rotatable bonds is 6. The summed E-state index contributed by atoms with van der Waals surface area (Å²) in [6.45, 7) is 4.61. The highest BCUT2D eigenvalue weighted by molar-refractivity contribution is 7.09. The van der Waals surface area contributed by atoms with E-state index >= 15 is 0 Å². The molecule has 0 atom stereocenters. The van der Waals surface area contributed by atoms with Crippen molar-refractivity contribution in [2.24, 2.45) is 5.92 Å². The van der Waals surface area contributed by atoms with Crippen LogP contribution in [0.3, 0.4) is 0 Å². The monoisotopic (exact) mass is 400 g/mol. The first-order chi connectivity index (χ1) is 13.4. The second kappa shape index (κ2) is 9.30. The largest absolute Gasteiger partial charge is 0.349 e. The summed E-state index contributed by atoms with van der Waals surface area (Å²) in [6, 6.07) is 7.77. The van der Waals surface area contributed by atoms with Crippen molar-refractivity contribution >= 4 is 28.8 Å². The normalized spacial score (nSPS) is 15.4. The van der Waals surface area contributed by atoms with Crippen molar-refractivity contribution in [1.29, 1.82) is 0 Å². The molecular formula is C21H28N4O2S. The van der Waals surface area contributed by atoms with E-state index < -0.39 is 0 Å². The maximum atomic E-state index is 12.2. The van der Waals surface area contributed by atoms with E-state index in [2.05, 4.69) is 15.2 Å². The van der Waals surface area contributed by atoms with E-state index in [9.17, 15) is 9.59 Å². The maximum absolute atomic E-state index is 12.2. The zero-order valence-electron chi connectivity index (χ0n) is 16.8. The van der Waals surface area contributed by atoms with Crippen LogP contribution in [0.2, 0.25) is 0 Å². The van der Waals surface area contributed by atoms with E-state index in [1.54, 1.807) is 4.90 Å². The summed E-state index contributed by atoms with van der Waals surface area (Å²) in [4.78, 5) is 33.0. The van der Waals surface area contributed by atoms with Gasteiger partial charge in [0.15, 0.2) is 0 Å². The number of hydrogen-bond donors (Lipinski definition) is 1. The highest BCUT2D eigenvalue weighted by atomic mass is 32.1. The molecule has 1 N–H and O–H groups in total. The van der Waals surface area contributed by atoms with Gasteiger partial charge in [0.1, 0.15) is 5.01 Å². The van der Waals surface area contributed by atoms with Gasteiger partial charge in [0.2, 0.25) is 11.8 Å². The lowest BCUT2D eigenvalue weighted by Gasteiger charge is -2.31. The summed E-state index contributed by atoms with van der Waals surface area (Å²) in [5.41, 5.74) is 2.97. The van der Waals surface area contributed by atoms with Gasteiger partial charge in [-0.05, 0) is 45.0 Å². The number of aryl methyl sites for hydroxylation is 1. The molecule has 6 nitrogen and oxygen atoms in total. The van der Waals surface area contributed by atoms with Crippen molar-refractivity contribution in [2.45, 2.75) is 32.7 Å². The molecule has 0 aliphatic carbocycles. The Balaban J connectivity index is 1.46. The fourth-order valence-electron chi connectivity index (χ4n) is 3.41. The van der Waals surface area contributed by atoms with Crippen molar-refractivity contribution in [3.05, 3.63) is 45.9 Å². The minimum Gasteiger partial charge on any atom is -0.349 e. The Morgan fingerprint density at radius 3 is 2.54 bits per heavy atom. The molecule has 1 aromatic carbocycles. The zero-order valence-corrected chi connectivity index (χ0v) is 17.6. The van der Waals surface area contributed by atoms with Crippen LogP contribution in [0.4, 0.5) is 5.69 Å². The first-order valence-electron chi connectivity index (χ1n) is 9.64. The number of hydrogen-bond acceptors (Lipinski definition) is 5. The maximum Gasteiger partial charge on any atom is 0.231 e. The Morgan fingerprint density at radius 2 is 1.89 bits per heavy atom. The number of amides is 2. The summed E-state index contributed by atoms with van der Waals surface area (Å²) >= 11 is 1.53. The lowest BCUT2D eigenvalue weighted by molar-refractivity contribution is -0.134. The molecule has 1 saturated heterocycles. The van der Waals surface area contributed by atoms with Gasteiger partial charge in [0, 0.05) is 37.6 Å². The molecule has 3 rings (SSSR count). The van der Waals surface area contributed by atoms with Gasteiger partial charge >= 0.3 is 0 Å². The fraction of sp³-hybridized carbons (Fsp3) is 0.476. The van der Waals surface area contributed by atoms with Crippen LogP contribution in [0.15, 0.2) is 29.6 Å². The first-order valence-corrected chi connectivity index (χ1v) is 10.5. The zero-order chi connectivity index (χ0) is 20.1. The molecular weight excluding hydrogens is 372 g/mol. The summed E-state index contributed by atoms with van der Waals surface area (Å²) in [7, 11) is 3.64. The van der Waals surface area contributed by atoms with Crippen LogP contribution in [0.25, 0.3) is 0 Å². The van der Waals surface area contributed by atoms with E-state index in [1.807, 2.05) is 50.7 Å². The summed E-state index contributed by atoms with van der Waals surface area (Å²) < 4.78 is 0. The van der Waals surface area contributed by atoms with Gasteiger partial charge < -0.3 is 10.2 Å². The number of carbonyl (C=O) groups is 2. The molecule has 7 heteroatoms. The topological polar surface area (TPSA) is 65.5 Å². The van der Waals surface area contributed by atoms with Gasteiger partial charge in [0.05, 0.1) is 12.1 Å². The summed E-state index contributed by atoms with van der Waals surface area (Å²) in [5.74, 6) is 0.325. The molecule has 28 heavy (non-hydrogen) atoms. The number of piperidine rings is 1. The average Bonchev–Trinajstić information content (AvgIpc) is 3.10. The standard InChI is InChI=1S/C21H28N4O2S/c1-15-4-6-17(7-5-15)22-19(26)12-20-23-18(14-28-20)13-25-10-8-16(9-11-25)21(27)24(2)3/h4-7,14,16H,8-13H2,1-3H3,(H,22,26). The summed E-state index contributed by atoms with van der Waals surface area (Å²) in [6.07, 6.45) is 2.08. The third-order valence-electron chi connectivity index (χ3n) is 5.01. The third kappa shape index (κ3) is 5.62. The molecule has 150 valence electrons. The number of benzene rings is 1. The van der Waals surface area contributed by atoms with Gasteiger partial charge in [-0.3, -0.25) is 14.5 Å². The molecule has 2 heterocycles. The Labute approximate surface area is 170 Å². The number of thiazole rings is 1. The molecule has 1 aliphatic heterocycles. The molecule has 1 fully saturated rings. The van der Waals surface area contributed by atoms with Crippen molar-refractivity contribution in [3.8, 4) is 0 Å². The van der Waals surface area contributed by atoms with E-state index in [0.29, 0.717) is 0 Å². The van der Waals surface area contributed by atoms with Gasteiger partial charge in [-0.2, -0.15) is 0 Å². The Kier molecular flexibility index (Phi) is 6.80. The van der Waals surface area contributed by atoms with Gasteiger partial charge in [-0.15, -0.1) is 11.3 Å². The summed E-state index contributed by atoms with van der Waals surface area (Å²) in [5, 5.41) is 5.78. The van der Waals surface area contributed by atoms with Crippen LogP contribution in [0.1, 0.15) is 29.1 Å². The van der Waals surface area contributed by atoms with E-state index in [1.165, 1.54) is 11.3 Å². The fourth-order valence-corrected chi connectivity index (χ4v) is 4.20. The van der Waals surface area contributed by atoms with Crippen LogP contribution < -0.4 is 5.32 Å². The molecule has 2 aromatic rings. The minimum atomic E-state index is -0.0484. The smallest absolute Gasteiger partial charge is 0.231 e. The molecule has 0 saturated carbocycles. The lowest BCUT2D eigenvalue weighted by Crippen LogP contribution is -2.39. The molecule has 0 bridgehead atoms. The Bertz CT molecular complexity index is 808. The van der Waals surface area contributed by atoms with E-state index in [0.717, 1.165) is 54.4 Å². The number of nitrogens with zero attached hydrogens (tertiary/aromatic N) is 3. The van der Waals surface area contributed by atoms with Crippen LogP contribution in [0.5, 0.6) is 0 Å². The molecule has 0 spiro atoms. The molecule has 0 radical (unpaired) electrons. The second-order valence-electron chi connectivity index (χ2n) is 7.61. The van der Waals surface area contributed by atoms with E-state index in [4.69, 9.17) is 0 Å². The molecule has 1 aliphatic rings. The van der Waals surface area contributed by atoms with Gasteiger partial charge in [-0.25, -0.2) is 4.98 Å².